The van der Waals surface area contributed by atoms with Crippen LogP contribution in [0.3, 0.4) is 0 Å². The number of fused-ring (bicyclic) bond motifs is 12. The van der Waals surface area contributed by atoms with Crippen molar-refractivity contribution >= 4 is 65.4 Å². The zero-order valence-electron chi connectivity index (χ0n) is 17.0. The molecule has 0 saturated carbocycles. The van der Waals surface area contributed by atoms with Crippen LogP contribution < -0.4 is 0 Å². The molecule has 0 amide bonds. The van der Waals surface area contributed by atoms with Gasteiger partial charge in [-0.2, -0.15) is 15.8 Å². The molecule has 0 aliphatic rings. The molecule has 3 aromatic heterocycles. The highest BCUT2D eigenvalue weighted by atomic mass is 14.8. The van der Waals surface area contributed by atoms with Crippen LogP contribution in [0.2, 0.25) is 0 Å². The summed E-state index contributed by atoms with van der Waals surface area (Å²) < 4.78 is 0. The number of aromatic amines is 3. The molecule has 0 saturated heterocycles. The normalized spacial score (nSPS) is 11.5. The molecular formula is C27H12N6. The van der Waals surface area contributed by atoms with Crippen molar-refractivity contribution in [2.75, 3.05) is 0 Å². The Morgan fingerprint density at radius 3 is 1.27 bits per heavy atom. The SMILES string of the molecule is N#Cc1ccc2c(c1)[nH]c1c3[nH]c4cc(C#N)ccc4c3c3c4ccc(C#N)cc4[nH]c3c21. The highest BCUT2D eigenvalue weighted by Crippen LogP contribution is 2.44. The predicted octanol–water partition coefficient (Wildman–Crippen LogP) is 6.21. The summed E-state index contributed by atoms with van der Waals surface area (Å²) in [6.07, 6.45) is 0. The highest BCUT2D eigenvalue weighted by molar-refractivity contribution is 6.39. The summed E-state index contributed by atoms with van der Waals surface area (Å²) in [5.74, 6) is 0. The van der Waals surface area contributed by atoms with Crippen molar-refractivity contribution < 1.29 is 0 Å². The van der Waals surface area contributed by atoms with Crippen molar-refractivity contribution in [2.24, 2.45) is 0 Å². The van der Waals surface area contributed by atoms with Crippen molar-refractivity contribution in [1.29, 1.82) is 15.8 Å². The van der Waals surface area contributed by atoms with Crippen LogP contribution >= 0.6 is 0 Å². The standard InChI is InChI=1S/C27H12N6/c28-10-13-1-4-16-19(7-13)31-25-22(16)23-17-5-2-14(11-29)8-20(17)32-26(23)27-24(25)18-6-3-15(12-30)9-21(18)33-27/h1-9,31-33H. The van der Waals surface area contributed by atoms with Crippen molar-refractivity contribution in [3.63, 3.8) is 0 Å². The second-order valence-electron chi connectivity index (χ2n) is 8.24. The van der Waals surface area contributed by atoms with Crippen LogP contribution in [0.15, 0.2) is 54.6 Å². The van der Waals surface area contributed by atoms with Crippen molar-refractivity contribution in [3.05, 3.63) is 71.3 Å². The van der Waals surface area contributed by atoms with E-state index in [1.165, 1.54) is 0 Å². The number of nitrogens with zero attached hydrogens (tertiary/aromatic N) is 3. The largest absolute Gasteiger partial charge is 0.354 e. The van der Waals surface area contributed by atoms with Gasteiger partial charge in [0.25, 0.3) is 0 Å². The summed E-state index contributed by atoms with van der Waals surface area (Å²) in [6, 6.07) is 23.7. The highest BCUT2D eigenvalue weighted by Gasteiger charge is 2.21. The number of benzene rings is 4. The van der Waals surface area contributed by atoms with Crippen LogP contribution in [0.25, 0.3) is 65.4 Å². The van der Waals surface area contributed by atoms with Gasteiger partial charge in [-0.25, -0.2) is 0 Å². The Labute approximate surface area is 185 Å². The van der Waals surface area contributed by atoms with E-state index in [0.29, 0.717) is 16.7 Å². The lowest BCUT2D eigenvalue weighted by Crippen LogP contribution is -1.78. The maximum atomic E-state index is 9.40. The summed E-state index contributed by atoms with van der Waals surface area (Å²) in [5, 5.41) is 34.4. The summed E-state index contributed by atoms with van der Waals surface area (Å²) in [6.45, 7) is 0. The fraction of sp³-hybridized carbons (Fsp3) is 0. The average Bonchev–Trinajstić information content (AvgIpc) is 3.52. The minimum Gasteiger partial charge on any atom is -0.354 e. The van der Waals surface area contributed by atoms with Crippen LogP contribution in [0.1, 0.15) is 16.7 Å². The number of nitrogens with one attached hydrogen (secondary N) is 3. The summed E-state index contributed by atoms with van der Waals surface area (Å²) in [7, 11) is 0. The Balaban J connectivity index is 1.82. The predicted molar refractivity (Wildman–Crippen MR) is 129 cm³/mol. The number of rotatable bonds is 0. The Morgan fingerprint density at radius 1 is 0.455 bits per heavy atom. The minimum absolute atomic E-state index is 0.590. The fourth-order valence-electron chi connectivity index (χ4n) is 5.14. The van der Waals surface area contributed by atoms with Gasteiger partial charge in [-0.1, -0.05) is 18.2 Å². The summed E-state index contributed by atoms with van der Waals surface area (Å²) in [4.78, 5) is 10.6. The molecule has 0 bridgehead atoms. The second-order valence-corrected chi connectivity index (χ2v) is 8.24. The first kappa shape index (κ1) is 17.4. The summed E-state index contributed by atoms with van der Waals surface area (Å²) >= 11 is 0. The van der Waals surface area contributed by atoms with E-state index in [1.807, 2.05) is 54.6 Å². The quantitative estimate of drug-likeness (QED) is 0.271. The molecule has 4 aromatic carbocycles. The number of hydrogen-bond donors (Lipinski definition) is 3. The van der Waals surface area contributed by atoms with E-state index in [-0.39, 0.29) is 0 Å². The van der Waals surface area contributed by atoms with Gasteiger partial charge in [0, 0.05) is 48.9 Å². The monoisotopic (exact) mass is 420 g/mol. The van der Waals surface area contributed by atoms with Gasteiger partial charge in [0.2, 0.25) is 0 Å². The van der Waals surface area contributed by atoms with Crippen molar-refractivity contribution in [2.45, 2.75) is 0 Å². The number of aromatic nitrogens is 3. The molecule has 0 radical (unpaired) electrons. The first-order valence-corrected chi connectivity index (χ1v) is 10.4. The average molecular weight is 420 g/mol. The lowest BCUT2D eigenvalue weighted by molar-refractivity contribution is 1.47. The first-order valence-electron chi connectivity index (χ1n) is 10.4. The lowest BCUT2D eigenvalue weighted by Gasteiger charge is -2.01. The molecular weight excluding hydrogens is 408 g/mol. The molecule has 7 rings (SSSR count). The smallest absolute Gasteiger partial charge is 0.0992 e. The van der Waals surface area contributed by atoms with E-state index in [4.69, 9.17) is 0 Å². The molecule has 7 aromatic rings. The van der Waals surface area contributed by atoms with Gasteiger partial charge in [-0.15, -0.1) is 0 Å². The zero-order valence-corrected chi connectivity index (χ0v) is 17.0. The summed E-state index contributed by atoms with van der Waals surface area (Å²) in [5.41, 5.74) is 7.29. The van der Waals surface area contributed by atoms with Gasteiger partial charge in [0.15, 0.2) is 0 Å². The number of hydrogen-bond acceptors (Lipinski definition) is 3. The lowest BCUT2D eigenvalue weighted by atomic mass is 10.0. The first-order chi connectivity index (χ1) is 16.2. The molecule has 0 aliphatic carbocycles. The molecule has 150 valence electrons. The molecule has 0 aliphatic heterocycles. The van der Waals surface area contributed by atoms with Crippen LogP contribution in [0.5, 0.6) is 0 Å². The third kappa shape index (κ3) is 2.13. The van der Waals surface area contributed by atoms with Gasteiger partial charge in [0.1, 0.15) is 0 Å². The van der Waals surface area contributed by atoms with E-state index in [9.17, 15) is 15.8 Å². The Morgan fingerprint density at radius 2 is 0.818 bits per heavy atom. The molecule has 3 N–H and O–H groups in total. The van der Waals surface area contributed by atoms with E-state index in [0.717, 1.165) is 65.4 Å². The van der Waals surface area contributed by atoms with Gasteiger partial charge in [0.05, 0.1) is 51.4 Å². The zero-order chi connectivity index (χ0) is 22.3. The van der Waals surface area contributed by atoms with Gasteiger partial charge >= 0.3 is 0 Å². The van der Waals surface area contributed by atoms with Crippen molar-refractivity contribution in [3.8, 4) is 18.2 Å². The van der Waals surface area contributed by atoms with E-state index in [1.54, 1.807) is 0 Å². The van der Waals surface area contributed by atoms with Crippen molar-refractivity contribution in [1.82, 2.24) is 15.0 Å². The van der Waals surface area contributed by atoms with Crippen LogP contribution in [0, 0.1) is 34.0 Å². The molecule has 0 unspecified atom stereocenters. The third-order valence-electron chi connectivity index (χ3n) is 6.53. The van der Waals surface area contributed by atoms with E-state index < -0.39 is 0 Å². The maximum Gasteiger partial charge on any atom is 0.0992 e. The Bertz CT molecular complexity index is 2110. The minimum atomic E-state index is 0.590. The van der Waals surface area contributed by atoms with E-state index in [2.05, 4.69) is 33.2 Å². The second kappa shape index (κ2) is 5.92. The fourth-order valence-corrected chi connectivity index (χ4v) is 5.14. The molecule has 33 heavy (non-hydrogen) atoms. The number of H-pyrrole nitrogens is 3. The molecule has 0 spiro atoms. The van der Waals surface area contributed by atoms with Gasteiger partial charge in [-0.05, 0) is 36.4 Å². The molecule has 0 fully saturated rings. The Hall–Kier alpha value is -5.25. The Kier molecular flexibility index (Phi) is 3.13. The van der Waals surface area contributed by atoms with Crippen LogP contribution in [0.4, 0.5) is 0 Å². The van der Waals surface area contributed by atoms with Crippen LogP contribution in [-0.4, -0.2) is 15.0 Å². The number of nitriles is 3. The molecule has 6 heteroatoms. The van der Waals surface area contributed by atoms with Gasteiger partial charge < -0.3 is 15.0 Å². The van der Waals surface area contributed by atoms with E-state index >= 15 is 0 Å². The molecule has 6 nitrogen and oxygen atoms in total. The van der Waals surface area contributed by atoms with Gasteiger partial charge in [-0.3, -0.25) is 0 Å². The van der Waals surface area contributed by atoms with Crippen LogP contribution in [-0.2, 0) is 0 Å². The molecule has 0 atom stereocenters. The maximum absolute atomic E-state index is 9.40. The molecule has 3 heterocycles. The topological polar surface area (TPSA) is 119 Å². The third-order valence-corrected chi connectivity index (χ3v) is 6.53.